The Labute approximate surface area is 97.2 Å². The number of carbonyl (C=O) groups is 1. The molecule has 1 amide bonds. The van der Waals surface area contributed by atoms with Gasteiger partial charge in [0.25, 0.3) is 0 Å². The van der Waals surface area contributed by atoms with Crippen LogP contribution in [0.15, 0.2) is 0 Å². The molecule has 0 bridgehead atoms. The van der Waals surface area contributed by atoms with Crippen LogP contribution in [0.3, 0.4) is 0 Å². The largest absolute Gasteiger partial charge is 0.437 e. The first kappa shape index (κ1) is 13.5. The van der Waals surface area contributed by atoms with E-state index in [4.69, 9.17) is 4.84 Å². The fraction of sp³-hybridized carbons (Fsp3) is 0.900. The summed E-state index contributed by atoms with van der Waals surface area (Å²) in [6.07, 6.45) is 3.57. The minimum absolute atomic E-state index is 0.0537. The van der Waals surface area contributed by atoms with Crippen LogP contribution < -0.4 is 5.23 Å². The summed E-state index contributed by atoms with van der Waals surface area (Å²) in [6.45, 7) is 1.72. The number of nitrogens with zero attached hydrogens (tertiary/aromatic N) is 1. The molecule has 1 saturated carbocycles. The smallest absolute Gasteiger partial charge is 0.373 e. The zero-order valence-corrected chi connectivity index (χ0v) is 10.3. The normalized spacial score (nSPS) is 25.2. The van der Waals surface area contributed by atoms with Gasteiger partial charge in [-0.25, -0.2) is 5.06 Å². The Hall–Kier alpha value is -0.585. The Morgan fingerprint density at radius 3 is 2.44 bits per heavy atom. The van der Waals surface area contributed by atoms with Crippen LogP contribution >= 0.6 is 0 Å². The lowest BCUT2D eigenvalue weighted by atomic mass is 9.80. The van der Waals surface area contributed by atoms with Crippen molar-refractivity contribution in [1.82, 2.24) is 10.3 Å². The number of nitrogens with one attached hydrogen (secondary N) is 1. The van der Waals surface area contributed by atoms with Gasteiger partial charge in [0.05, 0.1) is 7.11 Å². The summed E-state index contributed by atoms with van der Waals surface area (Å²) in [5.41, 5.74) is 0. The second kappa shape index (κ2) is 6.22. The van der Waals surface area contributed by atoms with Gasteiger partial charge in [-0.2, -0.15) is 0 Å². The lowest BCUT2D eigenvalue weighted by Crippen LogP contribution is -2.44. The van der Waals surface area contributed by atoms with Crippen molar-refractivity contribution < 1.29 is 14.7 Å². The number of hydrogen-bond acceptors (Lipinski definition) is 4. The molecule has 1 aliphatic rings. The average Bonchev–Trinajstić information content (AvgIpc) is 2.27. The minimum Gasteiger partial charge on any atom is -0.437 e. The number of amides is 1. The Kier molecular flexibility index (Phi) is 5.24. The summed E-state index contributed by atoms with van der Waals surface area (Å²) < 4.78 is 0. The van der Waals surface area contributed by atoms with Gasteiger partial charge in [-0.15, -0.1) is 0 Å². The number of rotatable bonds is 4. The summed E-state index contributed by atoms with van der Waals surface area (Å²) in [5, 5.41) is 13.6. The molecule has 0 saturated heterocycles. The van der Waals surface area contributed by atoms with Crippen LogP contribution in [-0.4, -0.2) is 43.2 Å². The van der Waals surface area contributed by atoms with E-state index in [1.165, 1.54) is 12.2 Å². The molecule has 0 aromatic carbocycles. The molecule has 0 unspecified atom stereocenters. The average molecular weight is 228 g/mol. The molecule has 5 nitrogen and oxygen atoms in total. The maximum absolute atomic E-state index is 11.8. The third kappa shape index (κ3) is 3.77. The molecule has 2 N–H and O–H groups in total. The van der Waals surface area contributed by atoms with Crippen LogP contribution in [0.4, 0.5) is 0 Å². The van der Waals surface area contributed by atoms with Gasteiger partial charge in [0.15, 0.2) is 0 Å². The monoisotopic (exact) mass is 228 g/mol. The van der Waals surface area contributed by atoms with Gasteiger partial charge in [0.1, 0.15) is 0 Å². The lowest BCUT2D eigenvalue weighted by Gasteiger charge is -2.30. The molecule has 0 heterocycles. The van der Waals surface area contributed by atoms with E-state index >= 15 is 0 Å². The summed E-state index contributed by atoms with van der Waals surface area (Å²) in [5.74, 6) is 0.120. The number of hydrogen-bond donors (Lipinski definition) is 2. The van der Waals surface area contributed by atoms with Crippen molar-refractivity contribution in [2.45, 2.75) is 38.5 Å². The van der Waals surface area contributed by atoms with E-state index in [1.54, 1.807) is 13.9 Å². The quantitative estimate of drug-likeness (QED) is 0.535. The number of hydroxylamine groups is 2. The molecule has 1 rings (SSSR count). The van der Waals surface area contributed by atoms with Crippen molar-refractivity contribution in [3.05, 3.63) is 0 Å². The molecule has 1 aliphatic carbocycles. The van der Waals surface area contributed by atoms with Gasteiger partial charge >= 0.3 is 7.05 Å². The molecule has 0 atom stereocenters. The van der Waals surface area contributed by atoms with Crippen LogP contribution in [0.5, 0.6) is 0 Å². The van der Waals surface area contributed by atoms with Gasteiger partial charge in [-0.1, -0.05) is 0 Å². The van der Waals surface area contributed by atoms with Gasteiger partial charge in [0.2, 0.25) is 5.91 Å². The van der Waals surface area contributed by atoms with Crippen LogP contribution in [0, 0.1) is 5.92 Å². The first-order valence-electron chi connectivity index (χ1n) is 5.80. The highest BCUT2D eigenvalue weighted by molar-refractivity contribution is 6.45. The number of carbonyl (C=O) groups excluding carboxylic acids is 1. The molecule has 0 aliphatic heterocycles. The molecule has 16 heavy (non-hydrogen) atoms. The van der Waals surface area contributed by atoms with E-state index in [0.717, 1.165) is 25.7 Å². The molecule has 92 valence electrons. The summed E-state index contributed by atoms with van der Waals surface area (Å²) >= 11 is 0. The molecular weight excluding hydrogens is 207 g/mol. The van der Waals surface area contributed by atoms with Gasteiger partial charge < -0.3 is 10.3 Å². The fourth-order valence-corrected chi connectivity index (χ4v) is 2.20. The summed E-state index contributed by atoms with van der Waals surface area (Å²) in [6, 6.07) is 0.330. The van der Waals surface area contributed by atoms with Crippen LogP contribution in [0.25, 0.3) is 0 Å². The molecule has 0 radical (unpaired) electrons. The highest BCUT2D eigenvalue weighted by Crippen LogP contribution is 2.25. The Bertz CT molecular complexity index is 230. The van der Waals surface area contributed by atoms with Crippen molar-refractivity contribution in [3.8, 4) is 0 Å². The SMILES string of the molecule is CON(C)C(=O)C1CCC(NB(C)O)CC1. The Morgan fingerprint density at radius 1 is 1.44 bits per heavy atom. The van der Waals surface area contributed by atoms with Crippen LogP contribution in [0.2, 0.25) is 6.82 Å². The maximum atomic E-state index is 11.8. The molecule has 6 heteroatoms. The maximum Gasteiger partial charge on any atom is 0.373 e. The summed E-state index contributed by atoms with van der Waals surface area (Å²) in [7, 11) is 2.67. The highest BCUT2D eigenvalue weighted by atomic mass is 16.7. The fourth-order valence-electron chi connectivity index (χ4n) is 2.20. The molecule has 0 aromatic heterocycles. The van der Waals surface area contributed by atoms with Gasteiger partial charge in [0, 0.05) is 13.0 Å². The van der Waals surface area contributed by atoms with E-state index in [0.29, 0.717) is 6.04 Å². The van der Waals surface area contributed by atoms with E-state index in [1.807, 2.05) is 0 Å². The van der Waals surface area contributed by atoms with Gasteiger partial charge in [-0.3, -0.25) is 9.63 Å². The predicted molar refractivity (Wildman–Crippen MR) is 62.5 cm³/mol. The second-order valence-corrected chi connectivity index (χ2v) is 4.41. The van der Waals surface area contributed by atoms with E-state index < -0.39 is 7.05 Å². The zero-order chi connectivity index (χ0) is 12.1. The molecular formula is C10H21BN2O3. The Morgan fingerprint density at radius 2 is 2.00 bits per heavy atom. The van der Waals surface area contributed by atoms with Gasteiger partial charge in [-0.05, 0) is 38.5 Å². The van der Waals surface area contributed by atoms with Crippen molar-refractivity contribution in [2.24, 2.45) is 5.92 Å². The third-order valence-electron chi connectivity index (χ3n) is 3.14. The van der Waals surface area contributed by atoms with Crippen molar-refractivity contribution in [1.29, 1.82) is 0 Å². The zero-order valence-electron chi connectivity index (χ0n) is 10.3. The second-order valence-electron chi connectivity index (χ2n) is 4.41. The predicted octanol–water partition coefficient (Wildman–Crippen LogP) is 0.265. The van der Waals surface area contributed by atoms with Crippen LogP contribution in [-0.2, 0) is 9.63 Å². The van der Waals surface area contributed by atoms with Crippen molar-refractivity contribution in [3.63, 3.8) is 0 Å². The van der Waals surface area contributed by atoms with E-state index in [2.05, 4.69) is 5.23 Å². The van der Waals surface area contributed by atoms with Crippen molar-refractivity contribution in [2.75, 3.05) is 14.2 Å². The summed E-state index contributed by atoms with van der Waals surface area (Å²) in [4.78, 5) is 16.7. The third-order valence-corrected chi connectivity index (χ3v) is 3.14. The standard InChI is InChI=1S/C10H21BN2O3/c1-11(15)12-9-6-4-8(5-7-9)10(14)13(2)16-3/h8-9,12,15H,4-7H2,1-3H3. The lowest BCUT2D eigenvalue weighted by molar-refractivity contribution is -0.174. The highest BCUT2D eigenvalue weighted by Gasteiger charge is 2.28. The van der Waals surface area contributed by atoms with E-state index in [9.17, 15) is 9.82 Å². The van der Waals surface area contributed by atoms with Crippen LogP contribution in [0.1, 0.15) is 25.7 Å². The Balaban J connectivity index is 2.34. The van der Waals surface area contributed by atoms with E-state index in [-0.39, 0.29) is 11.8 Å². The molecule has 0 spiro atoms. The van der Waals surface area contributed by atoms with Crippen molar-refractivity contribution >= 4 is 13.0 Å². The first-order chi connectivity index (χ1) is 7.54. The minimum atomic E-state index is -0.473. The first-order valence-corrected chi connectivity index (χ1v) is 5.80. The molecule has 1 fully saturated rings. The topological polar surface area (TPSA) is 61.8 Å². The molecule has 0 aromatic rings.